The lowest BCUT2D eigenvalue weighted by Crippen LogP contribution is -2.61. The van der Waals surface area contributed by atoms with Gasteiger partial charge in [-0.3, -0.25) is 14.4 Å². The normalized spacial score (nSPS) is 44.1. The molecule has 0 amide bonds. The Kier molecular flexibility index (Phi) is 16.1. The first-order valence-electron chi connectivity index (χ1n) is 23.7. The summed E-state index contributed by atoms with van der Waals surface area (Å²) in [4.78, 5) is 54.2. The maximum absolute atomic E-state index is 14.0. The molecule has 7 rings (SSSR count). The Morgan fingerprint density at radius 2 is 1.54 bits per heavy atom. The van der Waals surface area contributed by atoms with E-state index in [1.807, 2.05) is 44.2 Å². The number of rotatable bonds is 15. The highest BCUT2D eigenvalue weighted by Crippen LogP contribution is 2.57. The van der Waals surface area contributed by atoms with E-state index in [9.17, 15) is 39.6 Å². The predicted molar refractivity (Wildman–Crippen MR) is 238 cm³/mol. The number of esters is 1. The number of fused-ring (bicyclic) bond motifs is 1. The molecule has 3 aliphatic heterocycles. The summed E-state index contributed by atoms with van der Waals surface area (Å²) in [6.07, 6.45) is -5.43. The first kappa shape index (κ1) is 51.5. The quantitative estimate of drug-likeness (QED) is 0.146. The molecule has 0 aromatic heterocycles. The van der Waals surface area contributed by atoms with E-state index in [0.717, 1.165) is 5.56 Å². The zero-order valence-corrected chi connectivity index (χ0v) is 39.8. The molecular weight excluding hydrogens is 873 g/mol. The minimum Gasteiger partial charge on any atom is -0.458 e. The molecule has 3 heterocycles. The van der Waals surface area contributed by atoms with Gasteiger partial charge in [-0.2, -0.15) is 0 Å². The minimum absolute atomic E-state index is 0.0288. The zero-order chi connectivity index (χ0) is 48.6. The van der Waals surface area contributed by atoms with E-state index in [0.29, 0.717) is 19.3 Å². The highest BCUT2D eigenvalue weighted by atomic mass is 16.7. The number of carbonyl (C=O) groups is 4. The van der Waals surface area contributed by atoms with Crippen molar-refractivity contribution < 1.29 is 82.2 Å². The maximum Gasteiger partial charge on any atom is 0.331 e. The van der Waals surface area contributed by atoms with Crippen LogP contribution < -0.4 is 0 Å². The molecule has 3 saturated heterocycles. The van der Waals surface area contributed by atoms with Crippen LogP contribution in [0.4, 0.5) is 0 Å². The van der Waals surface area contributed by atoms with Crippen molar-refractivity contribution in [2.24, 2.45) is 22.7 Å². The van der Waals surface area contributed by atoms with Crippen molar-refractivity contribution in [3.05, 3.63) is 54.1 Å². The molecule has 372 valence electrons. The summed E-state index contributed by atoms with van der Waals surface area (Å²) in [7, 11) is 2.93. The smallest absolute Gasteiger partial charge is 0.331 e. The van der Waals surface area contributed by atoms with Crippen LogP contribution in [0.1, 0.15) is 98.5 Å². The Morgan fingerprint density at radius 3 is 2.19 bits per heavy atom. The van der Waals surface area contributed by atoms with Crippen molar-refractivity contribution in [3.63, 3.8) is 0 Å². The fourth-order valence-corrected chi connectivity index (χ4v) is 11.6. The van der Waals surface area contributed by atoms with Crippen LogP contribution in [0.5, 0.6) is 0 Å². The van der Waals surface area contributed by atoms with Crippen molar-refractivity contribution >= 4 is 29.4 Å². The minimum atomic E-state index is -1.53. The molecule has 20 atom stereocenters. The van der Waals surface area contributed by atoms with Gasteiger partial charge in [-0.15, -0.1) is 0 Å². The van der Waals surface area contributed by atoms with Crippen molar-refractivity contribution in [1.29, 1.82) is 0 Å². The molecular formula is C50H70O17. The molecule has 0 unspecified atom stereocenters. The van der Waals surface area contributed by atoms with E-state index >= 15 is 0 Å². The van der Waals surface area contributed by atoms with Crippen molar-refractivity contribution in [2.45, 2.75) is 191 Å². The number of hydrogen-bond donors (Lipinski definition) is 4. The number of ketones is 3. The SMILES string of the molecule is CO[C@H]1[C@@H](O)[C@H](C)O[C@@H](O[C@H]2[C@H](O)C[C@H](O[C@@H]3[C@@H](C)O[C@@H](O[C@H]4CC[C@]5(C)[C@@H](C[C@@H](OC(=O)C=Cc6ccccc6)[C@@]6(C)C(=O)CC[C@@H]6C(C)=O)C(=O)C=C[C@@]5(O)C4)C[C@H]3OC)O[C@@H]2C)[C@@H]1O. The van der Waals surface area contributed by atoms with Gasteiger partial charge >= 0.3 is 5.97 Å². The summed E-state index contributed by atoms with van der Waals surface area (Å²) in [5, 5.41) is 44.9. The van der Waals surface area contributed by atoms with Gasteiger partial charge in [-0.05, 0) is 84.1 Å². The number of hydrogen-bond acceptors (Lipinski definition) is 17. The number of aliphatic hydroxyl groups is 4. The summed E-state index contributed by atoms with van der Waals surface area (Å²) in [5.41, 5.74) is -3.20. The van der Waals surface area contributed by atoms with Gasteiger partial charge in [0.15, 0.2) is 24.7 Å². The van der Waals surface area contributed by atoms with Crippen LogP contribution in [0, 0.1) is 22.7 Å². The number of allylic oxidation sites excluding steroid dienone is 1. The van der Waals surface area contributed by atoms with E-state index in [4.69, 9.17) is 42.6 Å². The van der Waals surface area contributed by atoms with Gasteiger partial charge in [0.05, 0.1) is 47.6 Å². The summed E-state index contributed by atoms with van der Waals surface area (Å²) >= 11 is 0. The number of benzene rings is 1. The van der Waals surface area contributed by atoms with Crippen LogP contribution >= 0.6 is 0 Å². The third-order valence-corrected chi connectivity index (χ3v) is 15.8. The van der Waals surface area contributed by atoms with Crippen LogP contribution in [-0.2, 0) is 61.8 Å². The maximum atomic E-state index is 14.0. The molecule has 3 aliphatic carbocycles. The molecule has 17 heteroatoms. The lowest BCUT2D eigenvalue weighted by molar-refractivity contribution is -0.351. The summed E-state index contributed by atoms with van der Waals surface area (Å²) in [6.45, 7) is 10.1. The molecule has 1 aromatic carbocycles. The van der Waals surface area contributed by atoms with E-state index in [2.05, 4.69) is 0 Å². The van der Waals surface area contributed by atoms with Gasteiger partial charge in [0.25, 0.3) is 0 Å². The highest BCUT2D eigenvalue weighted by molar-refractivity contribution is 5.97. The monoisotopic (exact) mass is 942 g/mol. The number of aliphatic hydroxyl groups excluding tert-OH is 3. The summed E-state index contributed by atoms with van der Waals surface area (Å²) < 4.78 is 54.5. The lowest BCUT2D eigenvalue weighted by Gasteiger charge is -2.55. The van der Waals surface area contributed by atoms with E-state index < -0.39 is 126 Å². The molecule has 5 fully saturated rings. The molecule has 2 saturated carbocycles. The van der Waals surface area contributed by atoms with Gasteiger partial charge in [0.2, 0.25) is 0 Å². The second-order valence-corrected chi connectivity index (χ2v) is 19.9. The van der Waals surface area contributed by atoms with E-state index in [-0.39, 0.29) is 49.5 Å². The fraction of sp³-hybridized carbons (Fsp3) is 0.720. The number of Topliss-reactive ketones (excluding diaryl/α,β-unsaturated/α-hetero) is 2. The largest absolute Gasteiger partial charge is 0.458 e. The predicted octanol–water partition coefficient (Wildman–Crippen LogP) is 3.54. The van der Waals surface area contributed by atoms with Crippen LogP contribution in [-0.4, -0.2) is 156 Å². The Balaban J connectivity index is 0.986. The third-order valence-electron chi connectivity index (χ3n) is 15.8. The second kappa shape index (κ2) is 21.0. The van der Waals surface area contributed by atoms with Crippen LogP contribution in [0.25, 0.3) is 6.08 Å². The Morgan fingerprint density at radius 1 is 0.851 bits per heavy atom. The van der Waals surface area contributed by atoms with Gasteiger partial charge in [0.1, 0.15) is 48.2 Å². The second-order valence-electron chi connectivity index (χ2n) is 19.9. The number of ether oxygens (including phenoxy) is 9. The van der Waals surface area contributed by atoms with Gasteiger partial charge in [-0.1, -0.05) is 37.3 Å². The zero-order valence-electron chi connectivity index (χ0n) is 39.8. The Hall–Kier alpha value is -3.30. The molecule has 0 bridgehead atoms. The van der Waals surface area contributed by atoms with Crippen LogP contribution in [0.15, 0.2) is 48.6 Å². The molecule has 0 radical (unpaired) electrons. The van der Waals surface area contributed by atoms with Gasteiger partial charge in [0, 0.05) is 63.2 Å². The summed E-state index contributed by atoms with van der Waals surface area (Å²) in [6, 6.07) is 9.18. The van der Waals surface area contributed by atoms with Crippen molar-refractivity contribution in [1.82, 2.24) is 0 Å². The van der Waals surface area contributed by atoms with Crippen molar-refractivity contribution in [2.75, 3.05) is 14.2 Å². The first-order valence-corrected chi connectivity index (χ1v) is 23.7. The Bertz CT molecular complexity index is 1960. The molecule has 6 aliphatic rings. The van der Waals surface area contributed by atoms with Crippen LogP contribution in [0.2, 0.25) is 0 Å². The number of carbonyl (C=O) groups excluding carboxylic acids is 4. The van der Waals surface area contributed by atoms with Crippen LogP contribution in [0.3, 0.4) is 0 Å². The van der Waals surface area contributed by atoms with E-state index in [1.54, 1.807) is 34.0 Å². The number of methoxy groups -OCH3 is 2. The fourth-order valence-electron chi connectivity index (χ4n) is 11.6. The molecule has 67 heavy (non-hydrogen) atoms. The Labute approximate surface area is 392 Å². The van der Waals surface area contributed by atoms with Crippen molar-refractivity contribution in [3.8, 4) is 0 Å². The lowest BCUT2D eigenvalue weighted by atomic mass is 9.52. The van der Waals surface area contributed by atoms with E-state index in [1.165, 1.54) is 32.3 Å². The topological polar surface area (TPSA) is 232 Å². The first-order chi connectivity index (χ1) is 31.7. The average Bonchev–Trinajstić information content (AvgIpc) is 3.60. The average molecular weight is 943 g/mol. The summed E-state index contributed by atoms with van der Waals surface area (Å²) in [5.74, 6) is -2.95. The van der Waals surface area contributed by atoms with Gasteiger partial charge in [-0.25, -0.2) is 4.79 Å². The molecule has 4 N–H and O–H groups in total. The standard InChI is InChI=1S/C50H70O17/c1-26(51)32-15-16-37(54)49(32,6)38(65-39(55)17-14-30-12-10-9-11-13-30)22-33-34(52)19-21-50(58)25-31(18-20-48(33,50)5)64-41-24-36(59-7)45(29(4)62-41)66-40-23-35(53)44(28(3)61-40)67-47-43(57)46(60-8)42(56)27(2)63-47/h9-14,17,19,21,27-29,31-33,35-36,38,40-47,53,56-58H,15-16,18,20,22-25H2,1-8H3/t27-,28+,29+,31-,32+,33-,35+,36+,38+,40-,41-,42-,43+,44+,45+,46-,47-,48+,49+,50+/m0/s1. The third kappa shape index (κ3) is 10.4. The molecule has 1 aromatic rings. The van der Waals surface area contributed by atoms with Gasteiger partial charge < -0.3 is 63.1 Å². The molecule has 17 nitrogen and oxygen atoms in total. The molecule has 0 spiro atoms. The highest BCUT2D eigenvalue weighted by Gasteiger charge is 2.62.